The first-order chi connectivity index (χ1) is 12.1. The Labute approximate surface area is 151 Å². The Balaban J connectivity index is 1.74. The van der Waals surface area contributed by atoms with E-state index in [2.05, 4.69) is 12.2 Å². The number of para-hydroxylation sites is 1. The molecule has 0 fully saturated rings. The Hall–Kier alpha value is -2.24. The predicted octanol–water partition coefficient (Wildman–Crippen LogP) is 3.75. The second kappa shape index (κ2) is 7.76. The van der Waals surface area contributed by atoms with E-state index in [0.717, 1.165) is 27.1 Å². The van der Waals surface area contributed by atoms with Crippen LogP contribution in [0, 0.1) is 0 Å². The molecule has 0 aliphatic carbocycles. The number of fused-ring (bicyclic) bond motifs is 1. The molecule has 0 saturated carbocycles. The first kappa shape index (κ1) is 17.6. The van der Waals surface area contributed by atoms with Crippen molar-refractivity contribution in [2.24, 2.45) is 7.05 Å². The summed E-state index contributed by atoms with van der Waals surface area (Å²) in [5, 5.41) is 14.4. The van der Waals surface area contributed by atoms with Crippen molar-refractivity contribution in [1.29, 1.82) is 0 Å². The van der Waals surface area contributed by atoms with E-state index in [0.29, 0.717) is 5.56 Å². The fourth-order valence-electron chi connectivity index (χ4n) is 2.97. The maximum absolute atomic E-state index is 12.5. The summed E-state index contributed by atoms with van der Waals surface area (Å²) in [5.41, 5.74) is 2.54. The fraction of sp³-hybridized carbons (Fsp3) is 0.250. The van der Waals surface area contributed by atoms with Gasteiger partial charge in [0.1, 0.15) is 0 Å². The van der Waals surface area contributed by atoms with Crippen molar-refractivity contribution in [2.75, 3.05) is 12.3 Å². The van der Waals surface area contributed by atoms with E-state index in [1.54, 1.807) is 11.8 Å². The number of aliphatic hydroxyl groups excluding tert-OH is 1. The molecule has 1 unspecified atom stereocenters. The first-order valence-electron chi connectivity index (χ1n) is 8.34. The molecule has 0 saturated heterocycles. The molecule has 0 spiro atoms. The summed E-state index contributed by atoms with van der Waals surface area (Å²) < 4.78 is 1.99. The van der Waals surface area contributed by atoms with Crippen molar-refractivity contribution >= 4 is 28.6 Å². The highest BCUT2D eigenvalue weighted by Crippen LogP contribution is 2.26. The van der Waals surface area contributed by atoms with Crippen LogP contribution < -0.4 is 5.32 Å². The van der Waals surface area contributed by atoms with E-state index >= 15 is 0 Å². The second-order valence-corrected chi connectivity index (χ2v) is 7.17. The maximum atomic E-state index is 12.5. The van der Waals surface area contributed by atoms with Crippen LogP contribution in [0.2, 0.25) is 0 Å². The fourth-order valence-corrected chi connectivity index (χ4v) is 3.77. The van der Waals surface area contributed by atoms with Gasteiger partial charge in [-0.15, -0.1) is 11.8 Å². The number of amides is 1. The van der Waals surface area contributed by atoms with Gasteiger partial charge in [0.05, 0.1) is 11.7 Å². The molecule has 130 valence electrons. The Bertz CT molecular complexity index is 888. The number of nitrogens with zero attached hydrogens (tertiary/aromatic N) is 1. The molecule has 1 aromatic heterocycles. The molecule has 0 bridgehead atoms. The van der Waals surface area contributed by atoms with Crippen LogP contribution in [-0.2, 0) is 7.05 Å². The van der Waals surface area contributed by atoms with Crippen LogP contribution >= 0.6 is 11.8 Å². The molecular weight excluding hydrogens is 332 g/mol. The lowest BCUT2D eigenvalue weighted by Crippen LogP contribution is -2.28. The summed E-state index contributed by atoms with van der Waals surface area (Å²) >= 11 is 1.64. The number of hydrogen-bond donors (Lipinski definition) is 2. The van der Waals surface area contributed by atoms with Crippen molar-refractivity contribution in [2.45, 2.75) is 17.9 Å². The van der Waals surface area contributed by atoms with Crippen molar-refractivity contribution in [3.05, 3.63) is 65.9 Å². The Morgan fingerprint density at radius 1 is 1.20 bits per heavy atom. The van der Waals surface area contributed by atoms with Gasteiger partial charge in [0, 0.05) is 41.2 Å². The van der Waals surface area contributed by atoms with Gasteiger partial charge in [-0.2, -0.15) is 0 Å². The number of hydrogen-bond acceptors (Lipinski definition) is 3. The lowest BCUT2D eigenvalue weighted by molar-refractivity contribution is 0.0914. The van der Waals surface area contributed by atoms with Gasteiger partial charge in [-0.3, -0.25) is 4.79 Å². The molecule has 5 heteroatoms. The highest BCUT2D eigenvalue weighted by atomic mass is 32.2. The number of carbonyl (C=O) groups is 1. The summed E-state index contributed by atoms with van der Waals surface area (Å²) in [7, 11) is 1.95. The summed E-state index contributed by atoms with van der Waals surface area (Å²) in [4.78, 5) is 13.5. The number of thioether (sulfide) groups is 1. The van der Waals surface area contributed by atoms with Gasteiger partial charge in [-0.05, 0) is 24.0 Å². The number of aromatic nitrogens is 1. The molecule has 0 aliphatic rings. The Kier molecular flexibility index (Phi) is 5.46. The third-order valence-electron chi connectivity index (χ3n) is 4.17. The van der Waals surface area contributed by atoms with Gasteiger partial charge in [0.15, 0.2) is 0 Å². The molecule has 1 amide bonds. The minimum absolute atomic E-state index is 0.157. The van der Waals surface area contributed by atoms with E-state index in [1.165, 1.54) is 0 Å². The number of nitrogens with one attached hydrogen (secondary N) is 1. The van der Waals surface area contributed by atoms with E-state index in [1.807, 2.05) is 66.3 Å². The lowest BCUT2D eigenvalue weighted by atomic mass is 10.1. The van der Waals surface area contributed by atoms with Crippen LogP contribution in [0.4, 0.5) is 0 Å². The second-order valence-electron chi connectivity index (χ2n) is 5.87. The van der Waals surface area contributed by atoms with E-state index < -0.39 is 6.10 Å². The topological polar surface area (TPSA) is 54.3 Å². The quantitative estimate of drug-likeness (QED) is 0.663. The van der Waals surface area contributed by atoms with Crippen LogP contribution in [-0.4, -0.2) is 27.9 Å². The van der Waals surface area contributed by atoms with Gasteiger partial charge >= 0.3 is 0 Å². The van der Waals surface area contributed by atoms with Crippen molar-refractivity contribution < 1.29 is 9.90 Å². The average molecular weight is 354 g/mol. The summed E-state index contributed by atoms with van der Waals surface area (Å²) in [6, 6.07) is 15.5. The maximum Gasteiger partial charge on any atom is 0.252 e. The van der Waals surface area contributed by atoms with E-state index in [-0.39, 0.29) is 12.5 Å². The zero-order valence-electron chi connectivity index (χ0n) is 14.4. The molecule has 0 aliphatic heterocycles. The summed E-state index contributed by atoms with van der Waals surface area (Å²) in [5.74, 6) is 0.749. The molecule has 0 radical (unpaired) electrons. The van der Waals surface area contributed by atoms with Gasteiger partial charge in [-0.25, -0.2) is 0 Å². The smallest absolute Gasteiger partial charge is 0.252 e. The van der Waals surface area contributed by atoms with Gasteiger partial charge in [-0.1, -0.05) is 37.3 Å². The molecule has 1 atom stereocenters. The number of rotatable bonds is 6. The SMILES string of the molecule is CCSc1ccccc1C(=O)NCC(O)c1cn(C)c2ccccc12. The number of aryl methyl sites for hydroxylation is 1. The van der Waals surface area contributed by atoms with Crippen molar-refractivity contribution in [3.8, 4) is 0 Å². The summed E-state index contributed by atoms with van der Waals surface area (Å²) in [6.07, 6.45) is 1.17. The molecule has 25 heavy (non-hydrogen) atoms. The molecule has 4 nitrogen and oxygen atoms in total. The zero-order chi connectivity index (χ0) is 17.8. The van der Waals surface area contributed by atoms with Crippen LogP contribution in [0.3, 0.4) is 0 Å². The number of benzene rings is 2. The molecule has 3 rings (SSSR count). The monoisotopic (exact) mass is 354 g/mol. The van der Waals surface area contributed by atoms with Crippen molar-refractivity contribution in [1.82, 2.24) is 9.88 Å². The first-order valence-corrected chi connectivity index (χ1v) is 9.32. The summed E-state index contributed by atoms with van der Waals surface area (Å²) in [6.45, 7) is 2.24. The zero-order valence-corrected chi connectivity index (χ0v) is 15.2. The standard InChI is InChI=1S/C20H22N2O2S/c1-3-25-19-11-7-5-9-15(19)20(24)21-12-18(23)16-13-22(2)17-10-6-4-8-14(16)17/h4-11,13,18,23H,3,12H2,1-2H3,(H,21,24). The minimum Gasteiger partial charge on any atom is -0.386 e. The van der Waals surface area contributed by atoms with Gasteiger partial charge in [0.2, 0.25) is 0 Å². The normalized spacial score (nSPS) is 12.3. The highest BCUT2D eigenvalue weighted by molar-refractivity contribution is 7.99. The third kappa shape index (κ3) is 3.72. The van der Waals surface area contributed by atoms with Gasteiger partial charge in [0.25, 0.3) is 5.91 Å². The van der Waals surface area contributed by atoms with Gasteiger partial charge < -0.3 is 15.0 Å². The van der Waals surface area contributed by atoms with Crippen LogP contribution in [0.5, 0.6) is 0 Å². The predicted molar refractivity (Wildman–Crippen MR) is 103 cm³/mol. The van der Waals surface area contributed by atoms with E-state index in [4.69, 9.17) is 0 Å². The lowest BCUT2D eigenvalue weighted by Gasteiger charge is -2.13. The van der Waals surface area contributed by atoms with E-state index in [9.17, 15) is 9.90 Å². The molecule has 2 aromatic carbocycles. The molecule has 2 N–H and O–H groups in total. The van der Waals surface area contributed by atoms with Crippen molar-refractivity contribution in [3.63, 3.8) is 0 Å². The number of aliphatic hydroxyl groups is 1. The third-order valence-corrected chi connectivity index (χ3v) is 5.13. The minimum atomic E-state index is -0.749. The highest BCUT2D eigenvalue weighted by Gasteiger charge is 2.17. The Morgan fingerprint density at radius 2 is 1.92 bits per heavy atom. The number of carbonyl (C=O) groups excluding carboxylic acids is 1. The average Bonchev–Trinajstić information content (AvgIpc) is 2.97. The Morgan fingerprint density at radius 3 is 2.72 bits per heavy atom. The van der Waals surface area contributed by atoms with Crippen LogP contribution in [0.15, 0.2) is 59.6 Å². The van der Waals surface area contributed by atoms with Crippen LogP contribution in [0.1, 0.15) is 28.9 Å². The molecular formula is C20H22N2O2S. The van der Waals surface area contributed by atoms with Crippen LogP contribution in [0.25, 0.3) is 10.9 Å². The molecule has 3 aromatic rings. The largest absolute Gasteiger partial charge is 0.386 e. The molecule has 1 heterocycles.